The van der Waals surface area contributed by atoms with Gasteiger partial charge in [-0.2, -0.15) is 5.10 Å². The van der Waals surface area contributed by atoms with Gasteiger partial charge in [0.1, 0.15) is 0 Å². The number of rotatable bonds is 6. The van der Waals surface area contributed by atoms with E-state index in [9.17, 15) is 4.79 Å². The molecule has 18 heavy (non-hydrogen) atoms. The Morgan fingerprint density at radius 1 is 1.50 bits per heavy atom. The maximum atomic E-state index is 10.8. The van der Waals surface area contributed by atoms with Gasteiger partial charge < -0.3 is 9.84 Å². The van der Waals surface area contributed by atoms with Crippen LogP contribution in [-0.2, 0) is 16.1 Å². The molecule has 0 bridgehead atoms. The first-order valence-corrected chi connectivity index (χ1v) is 6.27. The fourth-order valence-electron chi connectivity index (χ4n) is 2.24. The molecule has 0 aliphatic carbocycles. The van der Waals surface area contributed by atoms with Crippen LogP contribution < -0.4 is 0 Å². The molecular formula is C12H19N3O3. The molecule has 0 radical (unpaired) electrons. The second-order valence-electron chi connectivity index (χ2n) is 4.49. The first-order chi connectivity index (χ1) is 8.75. The SMILES string of the molecule is O=C(O)C[C@H]1COCCN1CCCn1cccn1. The van der Waals surface area contributed by atoms with E-state index in [1.807, 2.05) is 16.9 Å². The zero-order chi connectivity index (χ0) is 12.8. The monoisotopic (exact) mass is 253 g/mol. The molecule has 1 aromatic rings. The minimum Gasteiger partial charge on any atom is -0.481 e. The molecule has 100 valence electrons. The smallest absolute Gasteiger partial charge is 0.305 e. The third-order valence-corrected chi connectivity index (χ3v) is 3.15. The molecule has 0 spiro atoms. The summed E-state index contributed by atoms with van der Waals surface area (Å²) < 4.78 is 7.24. The van der Waals surface area contributed by atoms with E-state index in [0.29, 0.717) is 13.2 Å². The van der Waals surface area contributed by atoms with Crippen molar-refractivity contribution in [2.75, 3.05) is 26.3 Å². The van der Waals surface area contributed by atoms with Crippen LogP contribution in [0.5, 0.6) is 0 Å². The molecule has 2 heterocycles. The predicted octanol–water partition coefficient (Wildman–Crippen LogP) is 0.449. The third kappa shape index (κ3) is 3.82. The highest BCUT2D eigenvalue weighted by molar-refractivity contribution is 5.67. The van der Waals surface area contributed by atoms with Crippen LogP contribution in [0.15, 0.2) is 18.5 Å². The van der Waals surface area contributed by atoms with Crippen LogP contribution >= 0.6 is 0 Å². The molecule has 0 amide bonds. The van der Waals surface area contributed by atoms with E-state index in [-0.39, 0.29) is 12.5 Å². The van der Waals surface area contributed by atoms with Crippen LogP contribution in [0, 0.1) is 0 Å². The molecular weight excluding hydrogens is 234 g/mol. The van der Waals surface area contributed by atoms with Crippen LogP contribution in [0.25, 0.3) is 0 Å². The summed E-state index contributed by atoms with van der Waals surface area (Å²) in [5.41, 5.74) is 0. The lowest BCUT2D eigenvalue weighted by Gasteiger charge is -2.34. The summed E-state index contributed by atoms with van der Waals surface area (Å²) in [6, 6.07) is 1.91. The molecule has 1 aromatic heterocycles. The Bertz CT molecular complexity index is 367. The quantitative estimate of drug-likeness (QED) is 0.797. The highest BCUT2D eigenvalue weighted by atomic mass is 16.5. The number of nitrogens with zero attached hydrogens (tertiary/aromatic N) is 3. The van der Waals surface area contributed by atoms with E-state index >= 15 is 0 Å². The number of hydrogen-bond acceptors (Lipinski definition) is 4. The van der Waals surface area contributed by atoms with Crippen molar-refractivity contribution in [2.24, 2.45) is 0 Å². The highest BCUT2D eigenvalue weighted by Gasteiger charge is 2.24. The van der Waals surface area contributed by atoms with Crippen LogP contribution in [-0.4, -0.2) is 58.1 Å². The van der Waals surface area contributed by atoms with Gasteiger partial charge in [-0.3, -0.25) is 14.4 Å². The topological polar surface area (TPSA) is 67.6 Å². The number of aryl methyl sites for hydroxylation is 1. The predicted molar refractivity (Wildman–Crippen MR) is 65.3 cm³/mol. The van der Waals surface area contributed by atoms with Gasteiger partial charge in [-0.05, 0) is 12.5 Å². The average molecular weight is 253 g/mol. The lowest BCUT2D eigenvalue weighted by Crippen LogP contribution is -2.46. The van der Waals surface area contributed by atoms with Crippen molar-refractivity contribution in [3.05, 3.63) is 18.5 Å². The molecule has 1 saturated heterocycles. The minimum absolute atomic E-state index is 0.00821. The van der Waals surface area contributed by atoms with Crippen molar-refractivity contribution in [3.63, 3.8) is 0 Å². The fourth-order valence-corrected chi connectivity index (χ4v) is 2.24. The maximum absolute atomic E-state index is 10.8. The van der Waals surface area contributed by atoms with Gasteiger partial charge in [0.15, 0.2) is 0 Å². The van der Waals surface area contributed by atoms with Gasteiger partial charge in [-0.15, -0.1) is 0 Å². The molecule has 1 aliphatic heterocycles. The molecule has 1 fully saturated rings. The minimum atomic E-state index is -0.762. The number of aliphatic carboxylic acids is 1. The summed E-state index contributed by atoms with van der Waals surface area (Å²) in [6.45, 7) is 3.79. The Morgan fingerprint density at radius 3 is 3.11 bits per heavy atom. The largest absolute Gasteiger partial charge is 0.481 e. The van der Waals surface area contributed by atoms with Crippen molar-refractivity contribution in [1.82, 2.24) is 14.7 Å². The Morgan fingerprint density at radius 2 is 2.39 bits per heavy atom. The molecule has 0 saturated carbocycles. The molecule has 6 nitrogen and oxygen atoms in total. The highest BCUT2D eigenvalue weighted by Crippen LogP contribution is 2.11. The van der Waals surface area contributed by atoms with Gasteiger partial charge >= 0.3 is 5.97 Å². The zero-order valence-corrected chi connectivity index (χ0v) is 10.4. The summed E-state index contributed by atoms with van der Waals surface area (Å²) in [5, 5.41) is 13.0. The van der Waals surface area contributed by atoms with Crippen LogP contribution in [0.3, 0.4) is 0 Å². The van der Waals surface area contributed by atoms with Crippen LogP contribution in [0.1, 0.15) is 12.8 Å². The van der Waals surface area contributed by atoms with E-state index in [0.717, 1.165) is 26.1 Å². The van der Waals surface area contributed by atoms with E-state index in [2.05, 4.69) is 10.00 Å². The van der Waals surface area contributed by atoms with E-state index in [1.165, 1.54) is 0 Å². The fraction of sp³-hybridized carbons (Fsp3) is 0.667. The molecule has 0 aromatic carbocycles. The number of aromatic nitrogens is 2. The van der Waals surface area contributed by atoms with E-state index in [4.69, 9.17) is 9.84 Å². The molecule has 6 heteroatoms. The Labute approximate surface area is 106 Å². The van der Waals surface area contributed by atoms with Crippen molar-refractivity contribution >= 4 is 5.97 Å². The molecule has 1 atom stereocenters. The summed E-state index contributed by atoms with van der Waals surface area (Å²) in [4.78, 5) is 13.0. The second kappa shape index (κ2) is 6.51. The van der Waals surface area contributed by atoms with Gasteiger partial charge in [0.05, 0.1) is 19.6 Å². The Hall–Kier alpha value is -1.40. The van der Waals surface area contributed by atoms with Gasteiger partial charge in [0.25, 0.3) is 0 Å². The van der Waals surface area contributed by atoms with Gasteiger partial charge in [-0.1, -0.05) is 0 Å². The molecule has 1 aliphatic rings. The zero-order valence-electron chi connectivity index (χ0n) is 10.4. The second-order valence-corrected chi connectivity index (χ2v) is 4.49. The van der Waals surface area contributed by atoms with Gasteiger partial charge in [-0.25, -0.2) is 0 Å². The summed E-state index contributed by atoms with van der Waals surface area (Å²) in [6.07, 6.45) is 4.83. The first-order valence-electron chi connectivity index (χ1n) is 6.27. The molecule has 1 N–H and O–H groups in total. The van der Waals surface area contributed by atoms with Crippen molar-refractivity contribution in [1.29, 1.82) is 0 Å². The number of morpholine rings is 1. The Balaban J connectivity index is 1.76. The normalized spacial score (nSPS) is 21.0. The molecule has 0 unspecified atom stereocenters. The molecule has 2 rings (SSSR count). The van der Waals surface area contributed by atoms with Crippen molar-refractivity contribution in [2.45, 2.75) is 25.4 Å². The van der Waals surface area contributed by atoms with Crippen LogP contribution in [0.4, 0.5) is 0 Å². The third-order valence-electron chi connectivity index (χ3n) is 3.15. The lowest BCUT2D eigenvalue weighted by atomic mass is 10.1. The number of ether oxygens (including phenoxy) is 1. The van der Waals surface area contributed by atoms with E-state index < -0.39 is 5.97 Å². The Kier molecular flexibility index (Phi) is 4.72. The van der Waals surface area contributed by atoms with Crippen molar-refractivity contribution < 1.29 is 14.6 Å². The van der Waals surface area contributed by atoms with Gasteiger partial charge in [0.2, 0.25) is 0 Å². The number of carboxylic acids is 1. The first kappa shape index (κ1) is 13.0. The number of carbonyl (C=O) groups is 1. The number of hydrogen-bond donors (Lipinski definition) is 1. The average Bonchev–Trinajstić information content (AvgIpc) is 2.84. The summed E-state index contributed by atoms with van der Waals surface area (Å²) in [5.74, 6) is -0.762. The van der Waals surface area contributed by atoms with Gasteiger partial charge in [0, 0.05) is 38.1 Å². The van der Waals surface area contributed by atoms with Crippen molar-refractivity contribution in [3.8, 4) is 0 Å². The lowest BCUT2D eigenvalue weighted by molar-refractivity contribution is -0.140. The van der Waals surface area contributed by atoms with E-state index in [1.54, 1.807) is 6.20 Å². The summed E-state index contributed by atoms with van der Waals surface area (Å²) >= 11 is 0. The maximum Gasteiger partial charge on any atom is 0.305 e. The standard InChI is InChI=1S/C12H19N3O3/c16-12(17)9-11-10-18-8-7-14(11)4-2-6-15-5-1-3-13-15/h1,3,5,11H,2,4,6-10H2,(H,16,17)/t11-/m0/s1. The number of carboxylic acid groups (broad SMARTS) is 1. The summed E-state index contributed by atoms with van der Waals surface area (Å²) in [7, 11) is 0. The van der Waals surface area contributed by atoms with Crippen LogP contribution in [0.2, 0.25) is 0 Å².